The third-order valence-corrected chi connectivity index (χ3v) is 5.38. The summed E-state index contributed by atoms with van der Waals surface area (Å²) in [7, 11) is 1.21. The number of rotatable bonds is 10. The van der Waals surface area contributed by atoms with E-state index in [0.29, 0.717) is 31.4 Å². The maximum absolute atomic E-state index is 12.9. The van der Waals surface area contributed by atoms with Crippen LogP contribution in [0.25, 0.3) is 10.8 Å². The van der Waals surface area contributed by atoms with Gasteiger partial charge >= 0.3 is 5.97 Å². The first-order valence-electron chi connectivity index (χ1n) is 11.0. The number of hydrogen-bond donors (Lipinski definition) is 3. The molecule has 0 saturated carbocycles. The van der Waals surface area contributed by atoms with Crippen LogP contribution in [0.15, 0.2) is 66.7 Å². The quantitative estimate of drug-likeness (QED) is 0.170. The molecule has 0 aliphatic carbocycles. The number of carbonyl (C=O) groups excluding carboxylic acids is 4. The second-order valence-corrected chi connectivity index (χ2v) is 7.72. The van der Waals surface area contributed by atoms with Crippen molar-refractivity contribution in [1.29, 1.82) is 0 Å². The zero-order valence-electron chi connectivity index (χ0n) is 19.3. The highest BCUT2D eigenvalue weighted by Gasteiger charge is 2.27. The number of hydrogen-bond acceptors (Lipinski definition) is 6. The molecular formula is C26H28ClN3O5. The molecule has 8 nitrogen and oxygen atoms in total. The number of methoxy groups -OCH3 is 1. The Bertz CT molecular complexity index is 1210. The van der Waals surface area contributed by atoms with Gasteiger partial charge in [-0.2, -0.15) is 0 Å². The van der Waals surface area contributed by atoms with Crippen LogP contribution in [0.1, 0.15) is 40.0 Å². The second-order valence-electron chi connectivity index (χ2n) is 7.72. The SMILES string of the molecule is COC(=O)[C@H](CCCCN)NC(=O)C(=O)c1ccccc1NC(=O)c1ccc2ccccc2c1.Cl. The summed E-state index contributed by atoms with van der Waals surface area (Å²) in [6.07, 6.45) is 1.55. The largest absolute Gasteiger partial charge is 0.467 e. The maximum atomic E-state index is 12.9. The molecule has 2 amide bonds. The summed E-state index contributed by atoms with van der Waals surface area (Å²) < 4.78 is 4.73. The Labute approximate surface area is 209 Å². The van der Waals surface area contributed by atoms with Crippen molar-refractivity contribution in [3.63, 3.8) is 0 Å². The Hall–Kier alpha value is -3.75. The number of nitrogens with one attached hydrogen (secondary N) is 2. The van der Waals surface area contributed by atoms with Crippen LogP contribution in [0.2, 0.25) is 0 Å². The minimum absolute atomic E-state index is 0. The molecule has 4 N–H and O–H groups in total. The van der Waals surface area contributed by atoms with Crippen molar-refractivity contribution < 1.29 is 23.9 Å². The van der Waals surface area contributed by atoms with Crippen molar-refractivity contribution in [2.24, 2.45) is 5.73 Å². The molecule has 3 aromatic rings. The lowest BCUT2D eigenvalue weighted by Crippen LogP contribution is -2.44. The number of para-hydroxylation sites is 1. The fourth-order valence-corrected chi connectivity index (χ4v) is 3.55. The fourth-order valence-electron chi connectivity index (χ4n) is 3.55. The van der Waals surface area contributed by atoms with Crippen molar-refractivity contribution >= 4 is 52.4 Å². The number of amides is 2. The molecule has 0 saturated heterocycles. The lowest BCUT2D eigenvalue weighted by molar-refractivity contribution is -0.144. The van der Waals surface area contributed by atoms with Crippen LogP contribution in [-0.2, 0) is 14.3 Å². The Morgan fingerprint density at radius 2 is 1.60 bits per heavy atom. The first kappa shape index (κ1) is 27.5. The Morgan fingerprint density at radius 1 is 0.914 bits per heavy atom. The van der Waals surface area contributed by atoms with Crippen LogP contribution >= 0.6 is 12.4 Å². The van der Waals surface area contributed by atoms with E-state index in [1.165, 1.54) is 13.2 Å². The Balaban J connectivity index is 0.00000432. The third-order valence-electron chi connectivity index (χ3n) is 5.38. The summed E-state index contributed by atoms with van der Waals surface area (Å²) in [5.74, 6) is -2.89. The molecule has 0 aliphatic heterocycles. The summed E-state index contributed by atoms with van der Waals surface area (Å²) in [5.41, 5.74) is 6.10. The zero-order valence-corrected chi connectivity index (χ0v) is 20.1. The Kier molecular flexibility index (Phi) is 10.4. The van der Waals surface area contributed by atoms with E-state index in [0.717, 1.165) is 10.8 Å². The van der Waals surface area contributed by atoms with Gasteiger partial charge in [0.1, 0.15) is 6.04 Å². The van der Waals surface area contributed by atoms with E-state index in [9.17, 15) is 19.2 Å². The maximum Gasteiger partial charge on any atom is 0.328 e. The highest BCUT2D eigenvalue weighted by molar-refractivity contribution is 6.44. The van der Waals surface area contributed by atoms with Gasteiger partial charge in [-0.05, 0) is 60.8 Å². The number of carbonyl (C=O) groups is 4. The molecule has 1 atom stereocenters. The van der Waals surface area contributed by atoms with Crippen molar-refractivity contribution in [3.8, 4) is 0 Å². The molecule has 0 aromatic heterocycles. The van der Waals surface area contributed by atoms with Crippen molar-refractivity contribution in [1.82, 2.24) is 5.32 Å². The topological polar surface area (TPSA) is 128 Å². The number of ether oxygens (including phenoxy) is 1. The van der Waals surface area contributed by atoms with Gasteiger partial charge in [-0.3, -0.25) is 14.4 Å². The van der Waals surface area contributed by atoms with Gasteiger partial charge in [-0.1, -0.05) is 42.5 Å². The van der Waals surface area contributed by atoms with E-state index in [2.05, 4.69) is 10.6 Å². The van der Waals surface area contributed by atoms with Crippen molar-refractivity contribution in [2.45, 2.75) is 25.3 Å². The van der Waals surface area contributed by atoms with Crippen LogP contribution < -0.4 is 16.4 Å². The number of Topliss-reactive ketones (excluding diaryl/α,β-unsaturated/α-hetero) is 1. The van der Waals surface area contributed by atoms with Gasteiger partial charge in [0, 0.05) is 5.56 Å². The van der Waals surface area contributed by atoms with E-state index in [1.807, 2.05) is 30.3 Å². The molecule has 0 spiro atoms. The number of esters is 1. The number of fused-ring (bicyclic) bond motifs is 1. The average molecular weight is 498 g/mol. The minimum Gasteiger partial charge on any atom is -0.467 e. The summed E-state index contributed by atoms with van der Waals surface area (Å²) >= 11 is 0. The molecule has 0 radical (unpaired) electrons. The van der Waals surface area contributed by atoms with Crippen molar-refractivity contribution in [3.05, 3.63) is 77.9 Å². The number of halogens is 1. The van der Waals surface area contributed by atoms with Crippen LogP contribution in [0.5, 0.6) is 0 Å². The molecule has 0 unspecified atom stereocenters. The van der Waals surface area contributed by atoms with Crippen LogP contribution in [0.4, 0.5) is 5.69 Å². The van der Waals surface area contributed by atoms with E-state index >= 15 is 0 Å². The summed E-state index contributed by atoms with van der Waals surface area (Å²) in [6, 6.07) is 18.2. The van der Waals surface area contributed by atoms with E-state index in [4.69, 9.17) is 10.5 Å². The highest BCUT2D eigenvalue weighted by Crippen LogP contribution is 2.20. The predicted octanol–water partition coefficient (Wildman–Crippen LogP) is 3.48. The number of ketones is 1. The lowest BCUT2D eigenvalue weighted by atomic mass is 10.0. The van der Waals surface area contributed by atoms with Gasteiger partial charge in [-0.25, -0.2) is 4.79 Å². The molecule has 3 rings (SSSR count). The third kappa shape index (κ3) is 7.11. The lowest BCUT2D eigenvalue weighted by Gasteiger charge is -2.16. The van der Waals surface area contributed by atoms with E-state index < -0.39 is 29.6 Å². The van der Waals surface area contributed by atoms with Crippen LogP contribution in [0.3, 0.4) is 0 Å². The monoisotopic (exact) mass is 497 g/mol. The fraction of sp³-hybridized carbons (Fsp3) is 0.231. The standard InChI is InChI=1S/C26H27N3O5.ClH/c1-34-26(33)22(12-6-7-15-27)29-25(32)23(30)20-10-4-5-11-21(20)28-24(31)19-14-13-17-8-2-3-9-18(17)16-19;/h2-5,8-11,13-14,16,22H,6-7,12,15,27H2,1H3,(H,28,31)(H,29,32);1H/t22-;/m0./s1. The van der Waals surface area contributed by atoms with Gasteiger partial charge in [0.05, 0.1) is 18.4 Å². The van der Waals surface area contributed by atoms with Crippen molar-refractivity contribution in [2.75, 3.05) is 19.0 Å². The molecule has 3 aromatic carbocycles. The molecule has 35 heavy (non-hydrogen) atoms. The number of benzene rings is 3. The van der Waals surface area contributed by atoms with Gasteiger partial charge in [-0.15, -0.1) is 12.4 Å². The minimum atomic E-state index is -0.965. The number of anilines is 1. The van der Waals surface area contributed by atoms with Gasteiger partial charge in [0.2, 0.25) is 0 Å². The highest BCUT2D eigenvalue weighted by atomic mass is 35.5. The van der Waals surface area contributed by atoms with Crippen LogP contribution in [0, 0.1) is 0 Å². The molecule has 184 valence electrons. The predicted molar refractivity (Wildman–Crippen MR) is 137 cm³/mol. The molecular weight excluding hydrogens is 470 g/mol. The molecule has 0 heterocycles. The molecule has 9 heteroatoms. The number of nitrogens with two attached hydrogens (primary N) is 1. The van der Waals surface area contributed by atoms with Crippen LogP contribution in [-0.4, -0.2) is 43.3 Å². The summed E-state index contributed by atoms with van der Waals surface area (Å²) in [5, 5.41) is 7.05. The zero-order chi connectivity index (χ0) is 24.5. The van der Waals surface area contributed by atoms with Gasteiger partial charge in [0.25, 0.3) is 17.6 Å². The second kappa shape index (κ2) is 13.2. The van der Waals surface area contributed by atoms with E-state index in [1.54, 1.807) is 30.3 Å². The molecule has 0 bridgehead atoms. The first-order valence-corrected chi connectivity index (χ1v) is 11.0. The summed E-state index contributed by atoms with van der Waals surface area (Å²) in [6.45, 7) is 0.449. The molecule has 0 fully saturated rings. The smallest absolute Gasteiger partial charge is 0.328 e. The van der Waals surface area contributed by atoms with Gasteiger partial charge in [0.15, 0.2) is 0 Å². The normalized spacial score (nSPS) is 11.1. The number of unbranched alkanes of at least 4 members (excludes halogenated alkanes) is 1. The average Bonchev–Trinajstić information content (AvgIpc) is 2.87. The molecule has 0 aliphatic rings. The first-order chi connectivity index (χ1) is 16.4. The van der Waals surface area contributed by atoms with E-state index in [-0.39, 0.29) is 23.7 Å². The summed E-state index contributed by atoms with van der Waals surface area (Å²) in [4.78, 5) is 50.4. The van der Waals surface area contributed by atoms with Gasteiger partial charge < -0.3 is 21.1 Å². The Morgan fingerprint density at radius 3 is 2.31 bits per heavy atom.